The molecule has 6 heteroatoms. The van der Waals surface area contributed by atoms with Crippen LogP contribution < -0.4 is 19.1 Å². The summed E-state index contributed by atoms with van der Waals surface area (Å²) in [5.74, 6) is 1.41. The number of para-hydroxylation sites is 1. The highest BCUT2D eigenvalue weighted by molar-refractivity contribution is 5.96. The molecule has 150 valence electrons. The van der Waals surface area contributed by atoms with Gasteiger partial charge in [0.25, 0.3) is 5.91 Å². The van der Waals surface area contributed by atoms with Gasteiger partial charge in [-0.15, -0.1) is 0 Å². The lowest BCUT2D eigenvalue weighted by atomic mass is 10.0. The molecule has 1 amide bonds. The van der Waals surface area contributed by atoms with Crippen LogP contribution in [0.4, 0.5) is 5.69 Å². The molecule has 1 aliphatic rings. The van der Waals surface area contributed by atoms with E-state index >= 15 is 0 Å². The van der Waals surface area contributed by atoms with E-state index in [1.165, 1.54) is 5.69 Å². The Labute approximate surface area is 166 Å². The summed E-state index contributed by atoms with van der Waals surface area (Å²) >= 11 is 0. The van der Waals surface area contributed by atoms with E-state index in [-0.39, 0.29) is 18.0 Å². The van der Waals surface area contributed by atoms with Gasteiger partial charge in [0, 0.05) is 36.4 Å². The SMILES string of the molecule is COc1cc(C(=O)N2CC(C)N(c3ccccc3)C(C)C2)cc(OC)c1OC. The summed E-state index contributed by atoms with van der Waals surface area (Å²) in [5.41, 5.74) is 1.71. The lowest BCUT2D eigenvalue weighted by Crippen LogP contribution is -2.58. The maximum absolute atomic E-state index is 13.2. The minimum Gasteiger partial charge on any atom is -0.493 e. The monoisotopic (exact) mass is 384 g/mol. The average Bonchev–Trinajstić information content (AvgIpc) is 2.72. The van der Waals surface area contributed by atoms with Gasteiger partial charge in [0.05, 0.1) is 21.3 Å². The van der Waals surface area contributed by atoms with Crippen LogP contribution in [0.2, 0.25) is 0 Å². The van der Waals surface area contributed by atoms with E-state index in [1.54, 1.807) is 33.5 Å². The van der Waals surface area contributed by atoms with Gasteiger partial charge < -0.3 is 24.0 Å². The summed E-state index contributed by atoms with van der Waals surface area (Å²) in [5, 5.41) is 0. The van der Waals surface area contributed by atoms with Gasteiger partial charge in [0.15, 0.2) is 11.5 Å². The lowest BCUT2D eigenvalue weighted by molar-refractivity contribution is 0.0700. The first-order valence-electron chi connectivity index (χ1n) is 9.42. The predicted octanol–water partition coefficient (Wildman–Crippen LogP) is 3.45. The van der Waals surface area contributed by atoms with Gasteiger partial charge in [-0.3, -0.25) is 4.79 Å². The van der Waals surface area contributed by atoms with Crippen molar-refractivity contribution in [1.29, 1.82) is 0 Å². The van der Waals surface area contributed by atoms with Crippen LogP contribution in [0.3, 0.4) is 0 Å². The molecule has 0 aromatic heterocycles. The number of carbonyl (C=O) groups is 1. The van der Waals surface area contributed by atoms with Crippen LogP contribution in [0.25, 0.3) is 0 Å². The first-order chi connectivity index (χ1) is 13.5. The highest BCUT2D eigenvalue weighted by Crippen LogP contribution is 2.38. The third kappa shape index (κ3) is 3.72. The zero-order chi connectivity index (χ0) is 20.3. The predicted molar refractivity (Wildman–Crippen MR) is 110 cm³/mol. The number of methoxy groups -OCH3 is 3. The quantitative estimate of drug-likeness (QED) is 0.790. The van der Waals surface area contributed by atoms with Crippen LogP contribution >= 0.6 is 0 Å². The fraction of sp³-hybridized carbons (Fsp3) is 0.409. The second kappa shape index (κ2) is 8.42. The Bertz CT molecular complexity index is 788. The Balaban J connectivity index is 1.84. The van der Waals surface area contributed by atoms with Crippen molar-refractivity contribution in [2.45, 2.75) is 25.9 Å². The fourth-order valence-electron chi connectivity index (χ4n) is 3.98. The summed E-state index contributed by atoms with van der Waals surface area (Å²) in [6.45, 7) is 5.60. The molecule has 2 aromatic carbocycles. The van der Waals surface area contributed by atoms with Crippen molar-refractivity contribution in [2.24, 2.45) is 0 Å². The fourth-order valence-corrected chi connectivity index (χ4v) is 3.98. The highest BCUT2D eigenvalue weighted by atomic mass is 16.5. The molecule has 6 nitrogen and oxygen atoms in total. The minimum atomic E-state index is -0.0364. The van der Waals surface area contributed by atoms with Crippen LogP contribution in [0, 0.1) is 0 Å². The summed E-state index contributed by atoms with van der Waals surface area (Å²) < 4.78 is 16.1. The molecule has 0 aliphatic carbocycles. The zero-order valence-electron chi connectivity index (χ0n) is 17.1. The minimum absolute atomic E-state index is 0.0364. The summed E-state index contributed by atoms with van der Waals surface area (Å²) in [6.07, 6.45) is 0. The van der Waals surface area contributed by atoms with Gasteiger partial charge in [0.2, 0.25) is 5.75 Å². The van der Waals surface area contributed by atoms with Crippen molar-refractivity contribution < 1.29 is 19.0 Å². The molecule has 2 unspecified atom stereocenters. The van der Waals surface area contributed by atoms with Crippen LogP contribution in [0.1, 0.15) is 24.2 Å². The Hall–Kier alpha value is -2.89. The molecule has 3 rings (SSSR count). The molecule has 1 saturated heterocycles. The number of hydrogen-bond donors (Lipinski definition) is 0. The zero-order valence-corrected chi connectivity index (χ0v) is 17.1. The molecule has 0 saturated carbocycles. The Morgan fingerprint density at radius 3 is 1.89 bits per heavy atom. The molecule has 0 spiro atoms. The first kappa shape index (κ1) is 19.9. The maximum atomic E-state index is 13.2. The summed E-state index contributed by atoms with van der Waals surface area (Å²) in [4.78, 5) is 17.5. The van der Waals surface area contributed by atoms with E-state index in [0.29, 0.717) is 35.9 Å². The number of amides is 1. The van der Waals surface area contributed by atoms with Crippen molar-refractivity contribution >= 4 is 11.6 Å². The van der Waals surface area contributed by atoms with Crippen molar-refractivity contribution in [3.63, 3.8) is 0 Å². The Kier molecular flexibility index (Phi) is 5.97. The molecule has 2 aromatic rings. The summed E-state index contributed by atoms with van der Waals surface area (Å²) in [7, 11) is 4.65. The normalized spacial score (nSPS) is 19.3. The molecular weight excluding hydrogens is 356 g/mol. The largest absolute Gasteiger partial charge is 0.493 e. The van der Waals surface area contributed by atoms with Crippen molar-refractivity contribution in [1.82, 2.24) is 4.90 Å². The third-order valence-electron chi connectivity index (χ3n) is 5.17. The van der Waals surface area contributed by atoms with E-state index in [4.69, 9.17) is 14.2 Å². The lowest BCUT2D eigenvalue weighted by Gasteiger charge is -2.46. The van der Waals surface area contributed by atoms with Gasteiger partial charge in [-0.1, -0.05) is 18.2 Å². The summed E-state index contributed by atoms with van der Waals surface area (Å²) in [6, 6.07) is 14.2. The van der Waals surface area contributed by atoms with Gasteiger partial charge in [0.1, 0.15) is 0 Å². The molecule has 1 aliphatic heterocycles. The van der Waals surface area contributed by atoms with Gasteiger partial charge in [-0.05, 0) is 38.1 Å². The van der Waals surface area contributed by atoms with E-state index in [0.717, 1.165) is 0 Å². The smallest absolute Gasteiger partial charge is 0.254 e. The number of hydrogen-bond acceptors (Lipinski definition) is 5. The number of rotatable bonds is 5. The van der Waals surface area contributed by atoms with Gasteiger partial charge in [-0.25, -0.2) is 0 Å². The van der Waals surface area contributed by atoms with Crippen molar-refractivity contribution in [3.8, 4) is 17.2 Å². The molecule has 1 fully saturated rings. The topological polar surface area (TPSA) is 51.2 Å². The number of carbonyl (C=O) groups excluding carboxylic acids is 1. The second-order valence-electron chi connectivity index (χ2n) is 7.07. The second-order valence-corrected chi connectivity index (χ2v) is 7.07. The number of ether oxygens (including phenoxy) is 3. The molecule has 1 heterocycles. The molecular formula is C22H28N2O4. The van der Waals surface area contributed by atoms with E-state index < -0.39 is 0 Å². The average molecular weight is 384 g/mol. The molecule has 0 radical (unpaired) electrons. The van der Waals surface area contributed by atoms with Crippen molar-refractivity contribution in [2.75, 3.05) is 39.3 Å². The van der Waals surface area contributed by atoms with Gasteiger partial charge in [-0.2, -0.15) is 0 Å². The number of piperazine rings is 1. The third-order valence-corrected chi connectivity index (χ3v) is 5.17. The van der Waals surface area contributed by atoms with Crippen LogP contribution in [-0.4, -0.2) is 57.3 Å². The van der Waals surface area contributed by atoms with E-state index in [9.17, 15) is 4.79 Å². The van der Waals surface area contributed by atoms with Gasteiger partial charge >= 0.3 is 0 Å². The van der Waals surface area contributed by atoms with Crippen LogP contribution in [0.5, 0.6) is 17.2 Å². The number of benzene rings is 2. The number of anilines is 1. The van der Waals surface area contributed by atoms with E-state index in [1.807, 2.05) is 23.1 Å². The molecule has 0 N–H and O–H groups in total. The van der Waals surface area contributed by atoms with Crippen molar-refractivity contribution in [3.05, 3.63) is 48.0 Å². The standard InChI is InChI=1S/C22H28N2O4/c1-15-13-23(14-16(2)24(15)18-9-7-6-8-10-18)22(25)17-11-19(26-3)21(28-5)20(12-17)27-4/h6-12,15-16H,13-14H2,1-5H3. The molecule has 2 atom stereocenters. The Morgan fingerprint density at radius 1 is 0.893 bits per heavy atom. The van der Waals surface area contributed by atoms with Crippen LogP contribution in [0.15, 0.2) is 42.5 Å². The molecule has 28 heavy (non-hydrogen) atoms. The number of nitrogens with zero attached hydrogens (tertiary/aromatic N) is 2. The first-order valence-corrected chi connectivity index (χ1v) is 9.42. The van der Waals surface area contributed by atoms with Crippen LogP contribution in [-0.2, 0) is 0 Å². The maximum Gasteiger partial charge on any atom is 0.254 e. The van der Waals surface area contributed by atoms with E-state index in [2.05, 4.69) is 30.9 Å². The highest BCUT2D eigenvalue weighted by Gasteiger charge is 2.33. The molecule has 0 bridgehead atoms. The Morgan fingerprint density at radius 2 is 1.43 bits per heavy atom.